The van der Waals surface area contributed by atoms with E-state index < -0.39 is 30.3 Å². The lowest BCUT2D eigenvalue weighted by Gasteiger charge is -2.42. The molecule has 0 spiro atoms. The SMILES string of the molecule is CCC1(OCCOC(F)(F)F)CCCN(C(=O)OC(C)(C)C)C1. The van der Waals surface area contributed by atoms with E-state index in [1.165, 1.54) is 0 Å². The van der Waals surface area contributed by atoms with Crippen LogP contribution in [0.1, 0.15) is 47.0 Å². The van der Waals surface area contributed by atoms with Crippen molar-refractivity contribution in [1.82, 2.24) is 4.90 Å². The number of nitrogens with zero attached hydrogens (tertiary/aromatic N) is 1. The molecule has 1 saturated heterocycles. The number of likely N-dealkylation sites (tertiary alicyclic amines) is 1. The van der Waals surface area contributed by atoms with Crippen molar-refractivity contribution in [2.45, 2.75) is 64.5 Å². The number of hydrogen-bond acceptors (Lipinski definition) is 4. The number of halogens is 3. The van der Waals surface area contributed by atoms with Gasteiger partial charge < -0.3 is 14.4 Å². The fourth-order valence-corrected chi connectivity index (χ4v) is 2.50. The molecule has 0 bridgehead atoms. The van der Waals surface area contributed by atoms with Crippen LogP contribution in [0.4, 0.5) is 18.0 Å². The molecule has 1 aliphatic heterocycles. The van der Waals surface area contributed by atoms with E-state index in [0.29, 0.717) is 32.4 Å². The lowest BCUT2D eigenvalue weighted by molar-refractivity contribution is -0.329. The summed E-state index contributed by atoms with van der Waals surface area (Å²) in [4.78, 5) is 13.7. The minimum atomic E-state index is -4.65. The van der Waals surface area contributed by atoms with E-state index in [0.717, 1.165) is 0 Å². The van der Waals surface area contributed by atoms with Gasteiger partial charge in [-0.15, -0.1) is 13.2 Å². The number of alkyl halides is 3. The Morgan fingerprint density at radius 1 is 1.22 bits per heavy atom. The van der Waals surface area contributed by atoms with Crippen molar-refractivity contribution in [3.63, 3.8) is 0 Å². The van der Waals surface area contributed by atoms with Gasteiger partial charge in [-0.25, -0.2) is 4.79 Å². The maximum absolute atomic E-state index is 12.2. The van der Waals surface area contributed by atoms with Crippen LogP contribution in [0.3, 0.4) is 0 Å². The average molecular weight is 341 g/mol. The molecule has 1 unspecified atom stereocenters. The van der Waals surface area contributed by atoms with Crippen LogP contribution in [0.5, 0.6) is 0 Å². The quantitative estimate of drug-likeness (QED) is 0.715. The number of piperidine rings is 1. The molecule has 1 fully saturated rings. The second-order valence-electron chi connectivity index (χ2n) is 6.68. The molecule has 0 aromatic heterocycles. The lowest BCUT2D eigenvalue weighted by Crippen LogP contribution is -2.52. The van der Waals surface area contributed by atoms with Gasteiger partial charge in [0.1, 0.15) is 5.60 Å². The highest BCUT2D eigenvalue weighted by molar-refractivity contribution is 5.68. The molecule has 1 aliphatic rings. The van der Waals surface area contributed by atoms with E-state index >= 15 is 0 Å². The molecule has 1 amide bonds. The number of rotatable bonds is 5. The first-order valence-corrected chi connectivity index (χ1v) is 7.79. The molecule has 23 heavy (non-hydrogen) atoms. The molecular weight excluding hydrogens is 315 g/mol. The molecule has 0 radical (unpaired) electrons. The first-order valence-electron chi connectivity index (χ1n) is 7.79. The molecule has 0 aliphatic carbocycles. The molecule has 0 N–H and O–H groups in total. The highest BCUT2D eigenvalue weighted by Gasteiger charge is 2.38. The molecule has 0 aromatic rings. The average Bonchev–Trinajstić information content (AvgIpc) is 2.41. The Kier molecular flexibility index (Phi) is 6.70. The maximum atomic E-state index is 12.2. The highest BCUT2D eigenvalue weighted by atomic mass is 19.4. The second kappa shape index (κ2) is 7.70. The van der Waals surface area contributed by atoms with Crippen molar-refractivity contribution >= 4 is 6.09 Å². The predicted octanol–water partition coefficient (Wildman–Crippen LogP) is 3.72. The minimum absolute atomic E-state index is 0.171. The fraction of sp³-hybridized carbons (Fsp3) is 0.933. The zero-order valence-corrected chi connectivity index (χ0v) is 14.2. The predicted molar refractivity (Wildman–Crippen MR) is 78.0 cm³/mol. The monoisotopic (exact) mass is 341 g/mol. The van der Waals surface area contributed by atoms with Crippen LogP contribution in [-0.2, 0) is 14.2 Å². The Labute approximate surface area is 135 Å². The number of hydrogen-bond donors (Lipinski definition) is 0. The Hall–Kier alpha value is -1.02. The Morgan fingerprint density at radius 3 is 2.39 bits per heavy atom. The van der Waals surface area contributed by atoms with E-state index in [9.17, 15) is 18.0 Å². The molecule has 1 atom stereocenters. The van der Waals surface area contributed by atoms with Crippen LogP contribution in [0, 0.1) is 0 Å². The van der Waals surface area contributed by atoms with Gasteiger partial charge in [0.25, 0.3) is 0 Å². The zero-order valence-electron chi connectivity index (χ0n) is 14.2. The van der Waals surface area contributed by atoms with Gasteiger partial charge >= 0.3 is 12.5 Å². The van der Waals surface area contributed by atoms with Crippen LogP contribution in [0.25, 0.3) is 0 Å². The van der Waals surface area contributed by atoms with Gasteiger partial charge in [0.15, 0.2) is 0 Å². The van der Waals surface area contributed by atoms with Gasteiger partial charge in [-0.2, -0.15) is 0 Å². The maximum Gasteiger partial charge on any atom is 0.522 e. The van der Waals surface area contributed by atoms with E-state index in [1.807, 2.05) is 6.92 Å². The van der Waals surface area contributed by atoms with E-state index in [-0.39, 0.29) is 6.61 Å². The molecule has 0 aromatic carbocycles. The minimum Gasteiger partial charge on any atom is -0.444 e. The van der Waals surface area contributed by atoms with Gasteiger partial charge in [0.05, 0.1) is 25.4 Å². The summed E-state index contributed by atoms with van der Waals surface area (Å²) in [6.45, 7) is 7.38. The van der Waals surface area contributed by atoms with Gasteiger partial charge in [-0.05, 0) is 40.0 Å². The summed E-state index contributed by atoms with van der Waals surface area (Å²) in [5, 5.41) is 0. The summed E-state index contributed by atoms with van der Waals surface area (Å²) in [5.41, 5.74) is -1.24. The van der Waals surface area contributed by atoms with Crippen molar-refractivity contribution < 1.29 is 32.2 Å². The summed E-state index contributed by atoms with van der Waals surface area (Å²) in [6.07, 6.45) is -3.08. The standard InChI is InChI=1S/C15H26F3NO4/c1-5-14(21-9-10-22-15(16,17)18)7-6-8-19(11-14)12(20)23-13(2,3)4/h5-11H2,1-4H3. The summed E-state index contributed by atoms with van der Waals surface area (Å²) in [6, 6.07) is 0. The van der Waals surface area contributed by atoms with Crippen LogP contribution >= 0.6 is 0 Å². The van der Waals surface area contributed by atoms with Crippen LogP contribution < -0.4 is 0 Å². The number of amides is 1. The van der Waals surface area contributed by atoms with Crippen molar-refractivity contribution in [2.75, 3.05) is 26.3 Å². The number of carbonyl (C=O) groups excluding carboxylic acids is 1. The Bertz CT molecular complexity index is 395. The van der Waals surface area contributed by atoms with Gasteiger partial charge in [-0.1, -0.05) is 6.92 Å². The van der Waals surface area contributed by atoms with Crippen molar-refractivity contribution in [2.24, 2.45) is 0 Å². The molecule has 1 rings (SSSR count). The van der Waals surface area contributed by atoms with E-state index in [2.05, 4.69) is 4.74 Å². The number of carbonyl (C=O) groups is 1. The third-order valence-corrected chi connectivity index (χ3v) is 3.59. The first kappa shape index (κ1) is 20.0. The second-order valence-corrected chi connectivity index (χ2v) is 6.68. The summed E-state index contributed by atoms with van der Waals surface area (Å²) in [5.74, 6) is 0. The molecule has 1 heterocycles. The van der Waals surface area contributed by atoms with Crippen molar-refractivity contribution in [3.05, 3.63) is 0 Å². The molecule has 0 saturated carbocycles. The Morgan fingerprint density at radius 2 is 1.87 bits per heavy atom. The summed E-state index contributed by atoms with van der Waals surface area (Å²) < 4.78 is 50.6. The van der Waals surface area contributed by atoms with E-state index in [4.69, 9.17) is 9.47 Å². The topological polar surface area (TPSA) is 48.0 Å². The van der Waals surface area contributed by atoms with Gasteiger partial charge in [-0.3, -0.25) is 4.74 Å². The van der Waals surface area contributed by atoms with Gasteiger partial charge in [0, 0.05) is 6.54 Å². The third kappa shape index (κ3) is 7.39. The normalized spacial score (nSPS) is 23.0. The largest absolute Gasteiger partial charge is 0.522 e. The fourth-order valence-electron chi connectivity index (χ4n) is 2.50. The number of ether oxygens (including phenoxy) is 3. The molecule has 8 heteroatoms. The zero-order chi connectivity index (χ0) is 17.7. The lowest BCUT2D eigenvalue weighted by atomic mass is 9.90. The smallest absolute Gasteiger partial charge is 0.444 e. The molecule has 136 valence electrons. The first-order chi connectivity index (χ1) is 10.5. The summed E-state index contributed by atoms with van der Waals surface area (Å²) >= 11 is 0. The van der Waals surface area contributed by atoms with Crippen molar-refractivity contribution in [1.29, 1.82) is 0 Å². The highest BCUT2D eigenvalue weighted by Crippen LogP contribution is 2.29. The Balaban J connectivity index is 2.55. The van der Waals surface area contributed by atoms with Gasteiger partial charge in [0.2, 0.25) is 0 Å². The molecular formula is C15H26F3NO4. The third-order valence-electron chi connectivity index (χ3n) is 3.59. The van der Waals surface area contributed by atoms with E-state index in [1.54, 1.807) is 25.7 Å². The van der Waals surface area contributed by atoms with Crippen LogP contribution in [0.2, 0.25) is 0 Å². The summed E-state index contributed by atoms with van der Waals surface area (Å²) in [7, 11) is 0. The van der Waals surface area contributed by atoms with Crippen LogP contribution in [-0.4, -0.2) is 54.9 Å². The van der Waals surface area contributed by atoms with Crippen molar-refractivity contribution in [3.8, 4) is 0 Å². The molecule has 5 nitrogen and oxygen atoms in total. The van der Waals surface area contributed by atoms with Crippen LogP contribution in [0.15, 0.2) is 0 Å².